The zero-order valence-electron chi connectivity index (χ0n) is 11.1. The highest BCUT2D eigenvalue weighted by atomic mass is 16.3. The normalized spacial score (nSPS) is 10.7. The molecule has 1 aromatic rings. The fourth-order valence-corrected chi connectivity index (χ4v) is 1.85. The first-order valence-electron chi connectivity index (χ1n) is 6.26. The van der Waals surface area contributed by atoms with Crippen LogP contribution in [0.25, 0.3) is 0 Å². The molecule has 0 aromatic heterocycles. The Morgan fingerprint density at radius 1 is 1.28 bits per heavy atom. The van der Waals surface area contributed by atoms with Crippen molar-refractivity contribution in [1.29, 1.82) is 0 Å². The summed E-state index contributed by atoms with van der Waals surface area (Å²) in [6.07, 6.45) is 0.364. The minimum Gasteiger partial charge on any atom is -0.395 e. The molecule has 100 valence electrons. The van der Waals surface area contributed by atoms with Crippen LogP contribution in [0, 0.1) is 0 Å². The Morgan fingerprint density at radius 3 is 2.28 bits per heavy atom. The molecule has 1 aromatic carbocycles. The number of nitrogens with two attached hydrogens (primary N) is 1. The van der Waals surface area contributed by atoms with Crippen molar-refractivity contribution in [2.24, 2.45) is 5.73 Å². The Balaban J connectivity index is 2.66. The number of aliphatic hydroxyl groups is 1. The third-order valence-electron chi connectivity index (χ3n) is 2.90. The Kier molecular flexibility index (Phi) is 5.82. The van der Waals surface area contributed by atoms with Crippen LogP contribution in [0.5, 0.6) is 0 Å². The van der Waals surface area contributed by atoms with Crippen molar-refractivity contribution < 1.29 is 9.90 Å². The summed E-state index contributed by atoms with van der Waals surface area (Å²) in [7, 11) is 0. The average Bonchev–Trinajstić information content (AvgIpc) is 2.36. The molecule has 0 radical (unpaired) electrons. The van der Waals surface area contributed by atoms with Crippen molar-refractivity contribution in [2.75, 3.05) is 13.2 Å². The van der Waals surface area contributed by atoms with Crippen molar-refractivity contribution in [1.82, 2.24) is 4.90 Å². The quantitative estimate of drug-likeness (QED) is 0.789. The molecule has 0 aliphatic carbocycles. The van der Waals surface area contributed by atoms with Crippen LogP contribution in [0.4, 0.5) is 0 Å². The molecule has 0 aliphatic heterocycles. The largest absolute Gasteiger partial charge is 0.395 e. The van der Waals surface area contributed by atoms with Gasteiger partial charge in [-0.05, 0) is 25.0 Å². The number of carbonyl (C=O) groups excluding carboxylic acids is 1. The minimum atomic E-state index is -0.00394. The molecule has 0 fully saturated rings. The van der Waals surface area contributed by atoms with Crippen LogP contribution in [0.15, 0.2) is 24.3 Å². The van der Waals surface area contributed by atoms with Crippen molar-refractivity contribution in [3.63, 3.8) is 0 Å². The van der Waals surface area contributed by atoms with Crippen LogP contribution in [0.3, 0.4) is 0 Å². The second-order valence-electron chi connectivity index (χ2n) is 4.60. The molecule has 0 unspecified atom stereocenters. The van der Waals surface area contributed by atoms with E-state index in [1.54, 1.807) is 4.90 Å². The standard InChI is InChI=1S/C14H22N2O2/c1-11(2)16(7-8-17)14(18)9-12-3-5-13(10-15)6-4-12/h3-6,11,17H,7-10,15H2,1-2H3. The molecule has 0 atom stereocenters. The lowest BCUT2D eigenvalue weighted by atomic mass is 10.1. The molecular weight excluding hydrogens is 228 g/mol. The predicted octanol–water partition coefficient (Wildman–Crippen LogP) is 0.917. The molecule has 1 amide bonds. The summed E-state index contributed by atoms with van der Waals surface area (Å²) in [6, 6.07) is 7.84. The number of aliphatic hydroxyl groups excluding tert-OH is 1. The number of hydrogen-bond acceptors (Lipinski definition) is 3. The van der Waals surface area contributed by atoms with E-state index in [0.29, 0.717) is 19.5 Å². The Morgan fingerprint density at radius 2 is 1.83 bits per heavy atom. The molecule has 0 bridgehead atoms. The monoisotopic (exact) mass is 250 g/mol. The van der Waals surface area contributed by atoms with Gasteiger partial charge in [-0.25, -0.2) is 0 Å². The number of amides is 1. The van der Waals surface area contributed by atoms with E-state index in [1.807, 2.05) is 38.1 Å². The van der Waals surface area contributed by atoms with Gasteiger partial charge in [0.2, 0.25) is 5.91 Å². The van der Waals surface area contributed by atoms with Gasteiger partial charge in [0.25, 0.3) is 0 Å². The van der Waals surface area contributed by atoms with Gasteiger partial charge in [0.05, 0.1) is 13.0 Å². The summed E-state index contributed by atoms with van der Waals surface area (Å²) in [4.78, 5) is 13.8. The maximum Gasteiger partial charge on any atom is 0.227 e. The number of nitrogens with zero attached hydrogens (tertiary/aromatic N) is 1. The van der Waals surface area contributed by atoms with Crippen LogP contribution in [0.1, 0.15) is 25.0 Å². The summed E-state index contributed by atoms with van der Waals surface area (Å²) < 4.78 is 0. The Bertz CT molecular complexity index is 374. The van der Waals surface area contributed by atoms with Crippen molar-refractivity contribution in [3.8, 4) is 0 Å². The van der Waals surface area contributed by atoms with Crippen LogP contribution < -0.4 is 5.73 Å². The summed E-state index contributed by atoms with van der Waals surface area (Å²) in [5.41, 5.74) is 7.56. The van der Waals surface area contributed by atoms with Crippen LogP contribution >= 0.6 is 0 Å². The van der Waals surface area contributed by atoms with Crippen LogP contribution in [0.2, 0.25) is 0 Å². The van der Waals surface area contributed by atoms with Gasteiger partial charge >= 0.3 is 0 Å². The number of carbonyl (C=O) groups is 1. The number of benzene rings is 1. The third-order valence-corrected chi connectivity index (χ3v) is 2.90. The van der Waals surface area contributed by atoms with E-state index in [4.69, 9.17) is 10.8 Å². The molecular formula is C14H22N2O2. The molecule has 0 spiro atoms. The molecule has 0 heterocycles. The summed E-state index contributed by atoms with van der Waals surface area (Å²) in [5, 5.41) is 8.96. The molecule has 0 saturated carbocycles. The van der Waals surface area contributed by atoms with E-state index in [2.05, 4.69) is 0 Å². The topological polar surface area (TPSA) is 66.6 Å². The van der Waals surface area contributed by atoms with E-state index < -0.39 is 0 Å². The first-order chi connectivity index (χ1) is 8.58. The molecule has 18 heavy (non-hydrogen) atoms. The van der Waals surface area contributed by atoms with Gasteiger partial charge in [-0.3, -0.25) is 4.79 Å². The highest BCUT2D eigenvalue weighted by Gasteiger charge is 2.16. The van der Waals surface area contributed by atoms with Crippen molar-refractivity contribution in [2.45, 2.75) is 32.9 Å². The van der Waals surface area contributed by atoms with E-state index in [-0.39, 0.29) is 18.6 Å². The Labute approximate surface area is 108 Å². The zero-order valence-corrected chi connectivity index (χ0v) is 11.1. The molecule has 0 saturated heterocycles. The average molecular weight is 250 g/mol. The molecule has 0 aliphatic rings. The SMILES string of the molecule is CC(C)N(CCO)C(=O)Cc1ccc(CN)cc1. The first-order valence-corrected chi connectivity index (χ1v) is 6.26. The lowest BCUT2D eigenvalue weighted by molar-refractivity contribution is -0.132. The van der Waals surface area contributed by atoms with Gasteiger partial charge in [0.1, 0.15) is 0 Å². The molecule has 3 N–H and O–H groups in total. The van der Waals surface area contributed by atoms with Gasteiger partial charge in [0, 0.05) is 19.1 Å². The van der Waals surface area contributed by atoms with Gasteiger partial charge in [0.15, 0.2) is 0 Å². The number of rotatable bonds is 6. The fraction of sp³-hybridized carbons (Fsp3) is 0.500. The second-order valence-corrected chi connectivity index (χ2v) is 4.60. The van der Waals surface area contributed by atoms with E-state index in [0.717, 1.165) is 11.1 Å². The molecule has 4 heteroatoms. The van der Waals surface area contributed by atoms with Crippen molar-refractivity contribution in [3.05, 3.63) is 35.4 Å². The summed E-state index contributed by atoms with van der Waals surface area (Å²) >= 11 is 0. The third kappa shape index (κ3) is 4.13. The molecule has 4 nitrogen and oxygen atoms in total. The van der Waals surface area contributed by atoms with E-state index in [9.17, 15) is 4.79 Å². The molecule has 1 rings (SSSR count). The maximum atomic E-state index is 12.1. The fourth-order valence-electron chi connectivity index (χ4n) is 1.85. The number of hydrogen-bond donors (Lipinski definition) is 2. The highest BCUT2D eigenvalue weighted by molar-refractivity contribution is 5.79. The zero-order chi connectivity index (χ0) is 13.5. The van der Waals surface area contributed by atoms with Gasteiger partial charge in [-0.15, -0.1) is 0 Å². The van der Waals surface area contributed by atoms with Crippen molar-refractivity contribution >= 4 is 5.91 Å². The second kappa shape index (κ2) is 7.13. The first kappa shape index (κ1) is 14.7. The predicted molar refractivity (Wildman–Crippen MR) is 72.0 cm³/mol. The van der Waals surface area contributed by atoms with E-state index in [1.165, 1.54) is 0 Å². The van der Waals surface area contributed by atoms with Crippen LogP contribution in [-0.2, 0) is 17.8 Å². The Hall–Kier alpha value is -1.39. The lowest BCUT2D eigenvalue weighted by Crippen LogP contribution is -2.39. The van der Waals surface area contributed by atoms with E-state index >= 15 is 0 Å². The lowest BCUT2D eigenvalue weighted by Gasteiger charge is -2.26. The summed E-state index contributed by atoms with van der Waals surface area (Å²) in [6.45, 7) is 4.79. The van der Waals surface area contributed by atoms with Gasteiger partial charge in [-0.1, -0.05) is 24.3 Å². The van der Waals surface area contributed by atoms with Crippen LogP contribution in [-0.4, -0.2) is 35.1 Å². The van der Waals surface area contributed by atoms with Gasteiger partial charge < -0.3 is 15.7 Å². The minimum absolute atomic E-state index is 0.00394. The smallest absolute Gasteiger partial charge is 0.227 e. The summed E-state index contributed by atoms with van der Waals surface area (Å²) in [5.74, 6) is 0.0412. The van der Waals surface area contributed by atoms with Gasteiger partial charge in [-0.2, -0.15) is 0 Å². The highest BCUT2D eigenvalue weighted by Crippen LogP contribution is 2.08. The maximum absolute atomic E-state index is 12.1.